The maximum Gasteiger partial charge on any atom is 0.338 e. The van der Waals surface area contributed by atoms with Crippen molar-refractivity contribution < 1.29 is 17.9 Å². The highest BCUT2D eigenvalue weighted by Crippen LogP contribution is 2.19. The zero-order valence-electron chi connectivity index (χ0n) is 13.4. The molecule has 0 amide bonds. The Morgan fingerprint density at radius 3 is 2.35 bits per heavy atom. The molecule has 0 aliphatic carbocycles. The molecule has 1 aromatic heterocycles. The van der Waals surface area contributed by atoms with Gasteiger partial charge in [-0.25, -0.2) is 13.2 Å². The fourth-order valence-electron chi connectivity index (χ4n) is 2.12. The van der Waals surface area contributed by atoms with Gasteiger partial charge in [0.15, 0.2) is 0 Å². The SMILES string of the molecule is O=C(OCc1cccs1)c1ccc(NS(=O)(=O)c2ccc(Br)cc2)cc1. The van der Waals surface area contributed by atoms with Crippen LogP contribution in [0.4, 0.5) is 5.69 Å². The first-order chi connectivity index (χ1) is 12.4. The molecule has 0 aliphatic heterocycles. The van der Waals surface area contributed by atoms with Crippen LogP contribution in [0, 0.1) is 0 Å². The number of anilines is 1. The summed E-state index contributed by atoms with van der Waals surface area (Å²) in [6.07, 6.45) is 0. The highest BCUT2D eigenvalue weighted by Gasteiger charge is 2.14. The fraction of sp³-hybridized carbons (Fsp3) is 0.0556. The number of hydrogen-bond acceptors (Lipinski definition) is 5. The number of carbonyl (C=O) groups is 1. The zero-order chi connectivity index (χ0) is 18.6. The van der Waals surface area contributed by atoms with Crippen molar-refractivity contribution in [2.75, 3.05) is 4.72 Å². The van der Waals surface area contributed by atoms with Crippen molar-refractivity contribution in [3.63, 3.8) is 0 Å². The molecule has 0 radical (unpaired) electrons. The van der Waals surface area contributed by atoms with Crippen LogP contribution in [0.25, 0.3) is 0 Å². The normalized spacial score (nSPS) is 11.1. The lowest BCUT2D eigenvalue weighted by Gasteiger charge is -2.09. The van der Waals surface area contributed by atoms with E-state index in [1.807, 2.05) is 17.5 Å². The molecule has 0 bridgehead atoms. The minimum absolute atomic E-state index is 0.153. The number of rotatable bonds is 6. The largest absolute Gasteiger partial charge is 0.456 e. The molecule has 5 nitrogen and oxygen atoms in total. The Kier molecular flexibility index (Phi) is 5.75. The molecule has 0 saturated heterocycles. The van der Waals surface area contributed by atoms with E-state index in [-0.39, 0.29) is 11.5 Å². The third-order valence-corrected chi connectivity index (χ3v) is 6.20. The number of halogens is 1. The summed E-state index contributed by atoms with van der Waals surface area (Å²) in [5, 5.41) is 1.91. The van der Waals surface area contributed by atoms with E-state index in [1.54, 1.807) is 12.1 Å². The maximum atomic E-state index is 12.3. The number of esters is 1. The number of sulfonamides is 1. The lowest BCUT2D eigenvalue weighted by atomic mass is 10.2. The minimum Gasteiger partial charge on any atom is -0.456 e. The van der Waals surface area contributed by atoms with Crippen molar-refractivity contribution in [3.8, 4) is 0 Å². The molecule has 1 heterocycles. The predicted octanol–water partition coefficient (Wildman–Crippen LogP) is 4.67. The van der Waals surface area contributed by atoms with Gasteiger partial charge in [0.2, 0.25) is 0 Å². The number of carbonyl (C=O) groups excluding carboxylic acids is 1. The maximum absolute atomic E-state index is 12.3. The van der Waals surface area contributed by atoms with Crippen LogP contribution in [-0.2, 0) is 21.4 Å². The van der Waals surface area contributed by atoms with E-state index in [0.717, 1.165) is 9.35 Å². The van der Waals surface area contributed by atoms with Crippen LogP contribution in [0.2, 0.25) is 0 Å². The lowest BCUT2D eigenvalue weighted by Crippen LogP contribution is -2.13. The van der Waals surface area contributed by atoms with Crippen LogP contribution in [0.1, 0.15) is 15.2 Å². The number of ether oxygens (including phenoxy) is 1. The van der Waals surface area contributed by atoms with E-state index in [0.29, 0.717) is 11.3 Å². The van der Waals surface area contributed by atoms with Crippen LogP contribution >= 0.6 is 27.3 Å². The number of nitrogens with one attached hydrogen (secondary N) is 1. The summed E-state index contributed by atoms with van der Waals surface area (Å²) in [5.74, 6) is -0.458. The molecule has 0 aliphatic rings. The first kappa shape index (κ1) is 18.6. The Labute approximate surface area is 163 Å². The van der Waals surface area contributed by atoms with Crippen molar-refractivity contribution in [3.05, 3.63) is 81.0 Å². The van der Waals surface area contributed by atoms with Gasteiger partial charge in [0.05, 0.1) is 10.5 Å². The standard InChI is InChI=1S/C18H14BrNO4S2/c19-14-5-9-17(10-6-14)26(22,23)20-15-7-3-13(4-8-15)18(21)24-12-16-2-1-11-25-16/h1-11,20H,12H2. The molecule has 0 atom stereocenters. The second kappa shape index (κ2) is 8.03. The van der Waals surface area contributed by atoms with Crippen molar-refractivity contribution in [1.82, 2.24) is 0 Å². The Hall–Kier alpha value is -2.16. The molecule has 1 N–H and O–H groups in total. The molecule has 0 spiro atoms. The van der Waals surface area contributed by atoms with Crippen LogP contribution in [0.15, 0.2) is 75.4 Å². The number of benzene rings is 2. The van der Waals surface area contributed by atoms with Gasteiger partial charge in [0.1, 0.15) is 6.61 Å². The van der Waals surface area contributed by atoms with Gasteiger partial charge in [0, 0.05) is 15.0 Å². The summed E-state index contributed by atoms with van der Waals surface area (Å²) in [4.78, 5) is 13.1. The Balaban J connectivity index is 1.65. The van der Waals surface area contributed by atoms with Gasteiger partial charge >= 0.3 is 5.97 Å². The van der Waals surface area contributed by atoms with E-state index >= 15 is 0 Å². The predicted molar refractivity (Wildman–Crippen MR) is 105 cm³/mol. The highest BCUT2D eigenvalue weighted by atomic mass is 79.9. The summed E-state index contributed by atoms with van der Waals surface area (Å²) in [5.41, 5.74) is 0.718. The summed E-state index contributed by atoms with van der Waals surface area (Å²) >= 11 is 4.78. The Bertz CT molecular complexity index is 983. The van der Waals surface area contributed by atoms with E-state index in [4.69, 9.17) is 4.74 Å². The molecule has 0 saturated carbocycles. The second-order valence-corrected chi connectivity index (χ2v) is 8.92. The van der Waals surface area contributed by atoms with E-state index in [9.17, 15) is 13.2 Å². The molecular weight excluding hydrogens is 438 g/mol. The third-order valence-electron chi connectivity index (χ3n) is 3.42. The molecule has 2 aromatic carbocycles. The molecule has 134 valence electrons. The first-order valence-corrected chi connectivity index (χ1v) is 10.7. The Morgan fingerprint density at radius 2 is 1.73 bits per heavy atom. The van der Waals surface area contributed by atoms with Gasteiger partial charge in [-0.3, -0.25) is 4.72 Å². The van der Waals surface area contributed by atoms with Gasteiger partial charge in [-0.1, -0.05) is 22.0 Å². The van der Waals surface area contributed by atoms with Gasteiger partial charge < -0.3 is 4.74 Å². The minimum atomic E-state index is -3.69. The average molecular weight is 452 g/mol. The van der Waals surface area contributed by atoms with Crippen LogP contribution < -0.4 is 4.72 Å². The van der Waals surface area contributed by atoms with Crippen LogP contribution in [-0.4, -0.2) is 14.4 Å². The first-order valence-electron chi connectivity index (χ1n) is 7.52. The summed E-state index contributed by atoms with van der Waals surface area (Å²) in [6.45, 7) is 0.217. The smallest absolute Gasteiger partial charge is 0.338 e. The molecule has 8 heteroatoms. The second-order valence-electron chi connectivity index (χ2n) is 5.29. The molecule has 0 unspecified atom stereocenters. The zero-order valence-corrected chi connectivity index (χ0v) is 16.6. The lowest BCUT2D eigenvalue weighted by molar-refractivity contribution is 0.0477. The van der Waals surface area contributed by atoms with Crippen LogP contribution in [0.3, 0.4) is 0 Å². The average Bonchev–Trinajstić information content (AvgIpc) is 3.14. The van der Waals surface area contributed by atoms with Crippen molar-refractivity contribution in [2.24, 2.45) is 0 Å². The number of hydrogen-bond donors (Lipinski definition) is 1. The summed E-state index contributed by atoms with van der Waals surface area (Å²) < 4.78 is 33.2. The summed E-state index contributed by atoms with van der Waals surface area (Å²) in [7, 11) is -3.69. The molecular formula is C18H14BrNO4S2. The van der Waals surface area contributed by atoms with E-state index < -0.39 is 16.0 Å². The molecule has 3 aromatic rings. The molecule has 0 fully saturated rings. The van der Waals surface area contributed by atoms with Gasteiger partial charge in [0.25, 0.3) is 10.0 Å². The topological polar surface area (TPSA) is 72.5 Å². The Morgan fingerprint density at radius 1 is 1.04 bits per heavy atom. The van der Waals surface area contributed by atoms with Gasteiger partial charge in [-0.05, 0) is 60.0 Å². The van der Waals surface area contributed by atoms with Crippen LogP contribution in [0.5, 0.6) is 0 Å². The number of thiophene rings is 1. The summed E-state index contributed by atoms with van der Waals surface area (Å²) in [6, 6.07) is 16.2. The van der Waals surface area contributed by atoms with Crippen molar-refractivity contribution in [1.29, 1.82) is 0 Å². The van der Waals surface area contributed by atoms with Crippen molar-refractivity contribution in [2.45, 2.75) is 11.5 Å². The fourth-order valence-corrected chi connectivity index (χ4v) is 4.06. The van der Waals surface area contributed by atoms with E-state index in [1.165, 1.54) is 47.7 Å². The van der Waals surface area contributed by atoms with Crippen molar-refractivity contribution >= 4 is 48.9 Å². The molecule has 3 rings (SSSR count). The van der Waals surface area contributed by atoms with Gasteiger partial charge in [-0.15, -0.1) is 11.3 Å². The highest BCUT2D eigenvalue weighted by molar-refractivity contribution is 9.10. The third kappa shape index (κ3) is 4.72. The quantitative estimate of drug-likeness (QED) is 0.552. The van der Waals surface area contributed by atoms with Gasteiger partial charge in [-0.2, -0.15) is 0 Å². The molecule has 26 heavy (non-hydrogen) atoms. The van der Waals surface area contributed by atoms with E-state index in [2.05, 4.69) is 20.7 Å². The monoisotopic (exact) mass is 451 g/mol.